The summed E-state index contributed by atoms with van der Waals surface area (Å²) in [5.41, 5.74) is 10.8. The molecule has 0 amide bonds. The summed E-state index contributed by atoms with van der Waals surface area (Å²) in [5.74, 6) is 13.3. The van der Waals surface area contributed by atoms with E-state index < -0.39 is 0 Å². The molecule has 1 nitrogen and oxygen atoms in total. The molecule has 0 saturated heterocycles. The van der Waals surface area contributed by atoms with Gasteiger partial charge >= 0.3 is 0 Å². The van der Waals surface area contributed by atoms with Gasteiger partial charge in [-0.15, -0.1) is 0 Å². The molecule has 0 atom stereocenters. The number of carbonyl (C=O) groups excluding carboxylic acids is 1. The van der Waals surface area contributed by atoms with Gasteiger partial charge in [0.1, 0.15) is 0 Å². The Morgan fingerprint density at radius 2 is 0.891 bits per heavy atom. The van der Waals surface area contributed by atoms with E-state index in [9.17, 15) is 4.79 Å². The van der Waals surface area contributed by atoms with E-state index in [2.05, 4.69) is 60.1 Å². The van der Waals surface area contributed by atoms with Gasteiger partial charge in [-0.2, -0.15) is 0 Å². The van der Waals surface area contributed by atoms with Crippen LogP contribution < -0.4 is 0 Å². The zero-order chi connectivity index (χ0) is 31.1. The lowest BCUT2D eigenvalue weighted by Gasteiger charge is -2.16. The predicted octanol–water partition coefficient (Wildman–Crippen LogP) is 9.52. The number of rotatable bonds is 4. The van der Waals surface area contributed by atoms with E-state index >= 15 is 0 Å². The van der Waals surface area contributed by atoms with Crippen molar-refractivity contribution in [2.45, 2.75) is 6.42 Å². The smallest absolute Gasteiger partial charge is 0.195 e. The van der Waals surface area contributed by atoms with Crippen LogP contribution in [0, 0.1) is 30.1 Å². The lowest BCUT2D eigenvalue weighted by Crippen LogP contribution is -2.06. The van der Waals surface area contributed by atoms with E-state index in [1.807, 2.05) is 128 Å². The molecule has 0 N–H and O–H groups in total. The molecular formula is C45H29O. The SMILES string of the molecule is O=C1C(C2=C[CH]C=CC2)=C(c2cccc(C#Cc3ccccc3)c2)C(c2cccc(C#Cc3ccccc3)c2)=C1c1ccccc1. The molecule has 2 aliphatic rings. The van der Waals surface area contributed by atoms with E-state index in [1.165, 1.54) is 0 Å². The molecule has 46 heavy (non-hydrogen) atoms. The fourth-order valence-corrected chi connectivity index (χ4v) is 5.90. The number of hydrogen-bond acceptors (Lipinski definition) is 1. The van der Waals surface area contributed by atoms with Crippen LogP contribution in [0.5, 0.6) is 0 Å². The van der Waals surface area contributed by atoms with Gasteiger partial charge < -0.3 is 0 Å². The van der Waals surface area contributed by atoms with Crippen molar-refractivity contribution in [3.63, 3.8) is 0 Å². The van der Waals surface area contributed by atoms with Crippen molar-refractivity contribution in [1.29, 1.82) is 0 Å². The first-order valence-corrected chi connectivity index (χ1v) is 15.4. The number of ketones is 1. The molecule has 0 unspecified atom stereocenters. The number of allylic oxidation sites excluding steroid dienone is 8. The van der Waals surface area contributed by atoms with Crippen LogP contribution in [0.2, 0.25) is 0 Å². The van der Waals surface area contributed by atoms with Gasteiger partial charge in [-0.05, 0) is 77.2 Å². The Kier molecular flexibility index (Phi) is 8.23. The Balaban J connectivity index is 1.44. The fraction of sp³-hybridized carbons (Fsp3) is 0.0222. The molecule has 0 spiro atoms. The number of benzene rings is 5. The molecule has 215 valence electrons. The summed E-state index contributed by atoms with van der Waals surface area (Å²) in [5, 5.41) is 0. The molecular weight excluding hydrogens is 556 g/mol. The van der Waals surface area contributed by atoms with Crippen LogP contribution in [0.1, 0.15) is 45.4 Å². The Hall–Kier alpha value is -6.15. The largest absolute Gasteiger partial charge is 0.289 e. The molecule has 5 aromatic carbocycles. The van der Waals surface area contributed by atoms with Gasteiger partial charge in [-0.3, -0.25) is 4.79 Å². The Labute approximate surface area is 271 Å². The molecule has 0 saturated carbocycles. The second-order valence-corrected chi connectivity index (χ2v) is 11.1. The summed E-state index contributed by atoms with van der Waals surface area (Å²) in [6, 6.07) is 46.5. The number of carbonyl (C=O) groups is 1. The zero-order valence-electron chi connectivity index (χ0n) is 25.2. The summed E-state index contributed by atoms with van der Waals surface area (Å²) < 4.78 is 0. The molecule has 7 rings (SSSR count). The minimum absolute atomic E-state index is 0.0349. The van der Waals surface area contributed by atoms with E-state index in [4.69, 9.17) is 0 Å². The van der Waals surface area contributed by atoms with E-state index in [0.29, 0.717) is 12.0 Å². The first-order valence-electron chi connectivity index (χ1n) is 15.4. The summed E-state index contributed by atoms with van der Waals surface area (Å²) in [7, 11) is 0. The van der Waals surface area contributed by atoms with Gasteiger partial charge in [0.25, 0.3) is 0 Å². The third-order valence-corrected chi connectivity index (χ3v) is 8.02. The maximum absolute atomic E-state index is 14.7. The minimum Gasteiger partial charge on any atom is -0.289 e. The van der Waals surface area contributed by atoms with Crippen molar-refractivity contribution < 1.29 is 4.79 Å². The van der Waals surface area contributed by atoms with Gasteiger partial charge in [-0.25, -0.2) is 0 Å². The topological polar surface area (TPSA) is 17.1 Å². The Morgan fingerprint density at radius 3 is 1.41 bits per heavy atom. The molecule has 5 aromatic rings. The van der Waals surface area contributed by atoms with Crippen LogP contribution in [0.25, 0.3) is 16.7 Å². The van der Waals surface area contributed by atoms with Crippen molar-refractivity contribution in [3.8, 4) is 23.7 Å². The third kappa shape index (κ3) is 6.09. The standard InChI is InChI=1S/C45H29O/c46-45-43(37-21-9-3-10-22-37)41(39-25-13-19-35(31-39)29-27-33-15-5-1-6-16-33)42(44(45)38-23-11-4-12-24-38)40-26-14-20-36(32-40)30-28-34-17-7-2-8-18-34/h1-23,25-26,31-32H,24H2. The van der Waals surface area contributed by atoms with Crippen molar-refractivity contribution in [2.24, 2.45) is 0 Å². The summed E-state index contributed by atoms with van der Waals surface area (Å²) >= 11 is 0. The second kappa shape index (κ2) is 13.2. The van der Waals surface area contributed by atoms with Gasteiger partial charge in [0.05, 0.1) is 0 Å². The predicted molar refractivity (Wildman–Crippen MR) is 189 cm³/mol. The molecule has 2 aliphatic carbocycles. The molecule has 1 heteroatoms. The van der Waals surface area contributed by atoms with Crippen LogP contribution in [0.15, 0.2) is 169 Å². The van der Waals surface area contributed by atoms with E-state index in [-0.39, 0.29) is 5.78 Å². The second-order valence-electron chi connectivity index (χ2n) is 11.1. The molecule has 0 heterocycles. The summed E-state index contributed by atoms with van der Waals surface area (Å²) in [4.78, 5) is 14.7. The van der Waals surface area contributed by atoms with Crippen LogP contribution in [0.3, 0.4) is 0 Å². The lowest BCUT2D eigenvalue weighted by atomic mass is 9.87. The molecule has 0 bridgehead atoms. The monoisotopic (exact) mass is 585 g/mol. The molecule has 1 radical (unpaired) electrons. The van der Waals surface area contributed by atoms with Crippen LogP contribution >= 0.6 is 0 Å². The highest BCUT2D eigenvalue weighted by Gasteiger charge is 2.36. The zero-order valence-corrected chi connectivity index (χ0v) is 25.2. The third-order valence-electron chi connectivity index (χ3n) is 8.02. The van der Waals surface area contributed by atoms with Crippen LogP contribution in [-0.4, -0.2) is 5.78 Å². The maximum Gasteiger partial charge on any atom is 0.195 e. The van der Waals surface area contributed by atoms with Gasteiger partial charge in [0.2, 0.25) is 0 Å². The Morgan fingerprint density at radius 1 is 0.435 bits per heavy atom. The van der Waals surface area contributed by atoms with E-state index in [1.54, 1.807) is 0 Å². The molecule has 0 aromatic heterocycles. The van der Waals surface area contributed by atoms with Gasteiger partial charge in [-0.1, -0.05) is 133 Å². The lowest BCUT2D eigenvalue weighted by molar-refractivity contribution is -0.110. The average molecular weight is 586 g/mol. The fourth-order valence-electron chi connectivity index (χ4n) is 5.90. The van der Waals surface area contributed by atoms with Crippen molar-refractivity contribution in [3.05, 3.63) is 214 Å². The highest BCUT2D eigenvalue weighted by molar-refractivity contribution is 6.48. The Bertz CT molecular complexity index is 2190. The van der Waals surface area contributed by atoms with Gasteiger partial charge in [0, 0.05) is 51.0 Å². The summed E-state index contributed by atoms with van der Waals surface area (Å²) in [6.45, 7) is 0. The minimum atomic E-state index is 0.0349. The van der Waals surface area contributed by atoms with Gasteiger partial charge in [0.15, 0.2) is 5.78 Å². The normalized spacial score (nSPS) is 13.9. The van der Waals surface area contributed by atoms with Crippen molar-refractivity contribution in [2.75, 3.05) is 0 Å². The highest BCUT2D eigenvalue weighted by Crippen LogP contribution is 2.49. The van der Waals surface area contributed by atoms with Crippen LogP contribution in [-0.2, 0) is 4.79 Å². The van der Waals surface area contributed by atoms with Crippen molar-refractivity contribution >= 4 is 22.5 Å². The van der Waals surface area contributed by atoms with E-state index in [0.717, 1.165) is 61.2 Å². The quantitative estimate of drug-likeness (QED) is 0.192. The first-order chi connectivity index (χ1) is 22.7. The summed E-state index contributed by atoms with van der Waals surface area (Å²) in [6.07, 6.45) is 8.91. The average Bonchev–Trinajstić information content (AvgIpc) is 3.44. The molecule has 0 aliphatic heterocycles. The van der Waals surface area contributed by atoms with Crippen LogP contribution in [0.4, 0.5) is 0 Å². The maximum atomic E-state index is 14.7. The highest BCUT2D eigenvalue weighted by atomic mass is 16.1. The number of Topliss-reactive ketones (excluding diaryl/α,β-unsaturated/α-hetero) is 1. The van der Waals surface area contributed by atoms with Crippen molar-refractivity contribution in [1.82, 2.24) is 0 Å². The first kappa shape index (κ1) is 28.6. The number of hydrogen-bond donors (Lipinski definition) is 0. The molecule has 0 fully saturated rings.